The van der Waals surface area contributed by atoms with Gasteiger partial charge in [0.05, 0.1) is 18.8 Å². The van der Waals surface area contributed by atoms with E-state index in [-0.39, 0.29) is 23.5 Å². The van der Waals surface area contributed by atoms with Gasteiger partial charge >= 0.3 is 18.2 Å². The second kappa shape index (κ2) is 10.4. The fourth-order valence-electron chi connectivity index (χ4n) is 3.51. The van der Waals surface area contributed by atoms with Gasteiger partial charge < -0.3 is 25.5 Å². The summed E-state index contributed by atoms with van der Waals surface area (Å²) in [6.45, 7) is -1.71. The zero-order chi connectivity index (χ0) is 24.9. The average Bonchev–Trinajstić information content (AvgIpc) is 3.22. The van der Waals surface area contributed by atoms with Gasteiger partial charge in [-0.15, -0.1) is 0 Å². The van der Waals surface area contributed by atoms with E-state index < -0.39 is 36.9 Å². The molecule has 1 aliphatic heterocycles. The number of anilines is 2. The van der Waals surface area contributed by atoms with E-state index in [1.54, 1.807) is 6.07 Å². The van der Waals surface area contributed by atoms with E-state index in [0.29, 0.717) is 36.3 Å². The number of alkyl halides is 3. The summed E-state index contributed by atoms with van der Waals surface area (Å²) in [6, 6.07) is 4.91. The normalized spacial score (nSPS) is 18.2. The van der Waals surface area contributed by atoms with E-state index in [2.05, 4.69) is 30.1 Å². The molecular formula is C21H23F3N6O4. The summed E-state index contributed by atoms with van der Waals surface area (Å²) >= 11 is 0. The number of rotatable bonds is 3. The quantitative estimate of drug-likeness (QED) is 0.486. The number of nitrogens with zero attached hydrogens (tertiary/aromatic N) is 2. The second-order valence-corrected chi connectivity index (χ2v) is 7.65. The van der Waals surface area contributed by atoms with Crippen LogP contribution in [-0.4, -0.2) is 48.0 Å². The molecule has 1 aliphatic rings. The molecule has 0 saturated heterocycles. The first-order valence-electron chi connectivity index (χ1n) is 10.4. The van der Waals surface area contributed by atoms with Crippen LogP contribution in [0.5, 0.6) is 0 Å². The molecule has 13 heteroatoms. The number of hydrogen-bond donors (Lipinski definition) is 4. The van der Waals surface area contributed by atoms with E-state index in [9.17, 15) is 28.0 Å². The van der Waals surface area contributed by atoms with Gasteiger partial charge in [0.15, 0.2) is 12.3 Å². The van der Waals surface area contributed by atoms with E-state index in [1.807, 2.05) is 6.07 Å². The summed E-state index contributed by atoms with van der Waals surface area (Å²) in [5.41, 5.74) is 7.49. The Hall–Kier alpha value is -3.79. The van der Waals surface area contributed by atoms with Gasteiger partial charge in [-0.1, -0.05) is 12.8 Å². The molecular weight excluding hydrogens is 457 g/mol. The fraction of sp³-hybridized carbons (Fsp3) is 0.429. The number of carbonyl (C=O) groups is 2. The van der Waals surface area contributed by atoms with Gasteiger partial charge in [0.25, 0.3) is 0 Å². The molecule has 34 heavy (non-hydrogen) atoms. The van der Waals surface area contributed by atoms with Gasteiger partial charge in [0.2, 0.25) is 0 Å². The van der Waals surface area contributed by atoms with E-state index in [1.165, 1.54) is 19.2 Å². The van der Waals surface area contributed by atoms with Crippen LogP contribution in [0.25, 0.3) is 11.3 Å². The number of aromatic amines is 1. The Morgan fingerprint density at radius 1 is 1.32 bits per heavy atom. The SMILES string of the molecule is COC(=O)Nc1ccc2c(c1)N[C@@H](C(=O)OCC(F)(F)F)CCCC[C@H](N)c1nc(C#N)c-2[nH]1. The van der Waals surface area contributed by atoms with Gasteiger partial charge in [0.1, 0.15) is 17.9 Å². The number of carbonyl (C=O) groups excluding carboxylic acids is 2. The molecule has 0 spiro atoms. The number of amides is 1. The number of hydrogen-bond acceptors (Lipinski definition) is 8. The number of halogens is 3. The van der Waals surface area contributed by atoms with Crippen LogP contribution in [-0.2, 0) is 14.3 Å². The number of ether oxygens (including phenoxy) is 2. The van der Waals surface area contributed by atoms with Gasteiger partial charge in [0, 0.05) is 16.9 Å². The first-order valence-corrected chi connectivity index (χ1v) is 10.4. The molecule has 0 saturated carbocycles. The van der Waals surface area contributed by atoms with Gasteiger partial charge in [-0.2, -0.15) is 18.4 Å². The van der Waals surface area contributed by atoms with Crippen LogP contribution in [0.1, 0.15) is 43.2 Å². The van der Waals surface area contributed by atoms with Crippen molar-refractivity contribution in [1.82, 2.24) is 9.97 Å². The van der Waals surface area contributed by atoms with Crippen molar-refractivity contribution in [3.63, 3.8) is 0 Å². The number of imidazole rings is 1. The molecule has 1 aromatic carbocycles. The van der Waals surface area contributed by atoms with E-state index >= 15 is 0 Å². The Balaban J connectivity index is 2.06. The molecule has 0 unspecified atom stereocenters. The van der Waals surface area contributed by atoms with Crippen molar-refractivity contribution in [3.8, 4) is 17.3 Å². The third kappa shape index (κ3) is 6.16. The van der Waals surface area contributed by atoms with Gasteiger partial charge in [-0.3, -0.25) is 5.32 Å². The Morgan fingerprint density at radius 2 is 2.06 bits per heavy atom. The van der Waals surface area contributed by atoms with E-state index in [0.717, 1.165) is 0 Å². The Morgan fingerprint density at radius 3 is 2.74 bits per heavy atom. The van der Waals surface area contributed by atoms with Crippen molar-refractivity contribution in [2.45, 2.75) is 43.9 Å². The van der Waals surface area contributed by atoms with Crippen LogP contribution in [0, 0.1) is 11.3 Å². The number of benzene rings is 1. The largest absolute Gasteiger partial charge is 0.455 e. The second-order valence-electron chi connectivity index (χ2n) is 7.65. The molecule has 3 rings (SSSR count). The summed E-state index contributed by atoms with van der Waals surface area (Å²) < 4.78 is 46.9. The minimum Gasteiger partial charge on any atom is -0.455 e. The summed E-state index contributed by atoms with van der Waals surface area (Å²) in [5.74, 6) is -0.669. The molecule has 1 amide bonds. The molecule has 10 nitrogen and oxygen atoms in total. The highest BCUT2D eigenvalue weighted by Gasteiger charge is 2.32. The lowest BCUT2D eigenvalue weighted by Gasteiger charge is -2.22. The smallest absolute Gasteiger partial charge is 0.422 e. The number of nitriles is 1. The monoisotopic (exact) mass is 480 g/mol. The molecule has 2 heterocycles. The topological polar surface area (TPSA) is 155 Å². The van der Waals surface area contributed by atoms with Crippen LogP contribution in [0.2, 0.25) is 0 Å². The molecule has 0 radical (unpaired) electrons. The molecule has 0 aliphatic carbocycles. The molecule has 5 N–H and O–H groups in total. The van der Waals surface area contributed by atoms with Crippen molar-refractivity contribution in [3.05, 3.63) is 29.7 Å². The van der Waals surface area contributed by atoms with Crippen molar-refractivity contribution < 1.29 is 32.2 Å². The maximum atomic E-state index is 12.6. The Labute approximate surface area is 192 Å². The summed E-state index contributed by atoms with van der Waals surface area (Å²) in [7, 11) is 1.18. The lowest BCUT2D eigenvalue weighted by molar-refractivity contribution is -0.186. The van der Waals surface area contributed by atoms with Crippen molar-refractivity contribution in [1.29, 1.82) is 5.26 Å². The van der Waals surface area contributed by atoms with Crippen LogP contribution in [0.4, 0.5) is 29.3 Å². The molecule has 0 fully saturated rings. The number of nitrogens with two attached hydrogens (primary N) is 1. The standard InChI is InChI=1S/C21H23F3N6O4/c1-33-20(32)27-11-6-7-12-15(8-11)28-14(19(31)34-10-21(22,23)24)5-3-2-4-13(26)18-29-16(9-25)17(12)30-18/h6-8,13-14,28H,2-5,10,26H2,1H3,(H,27,32)(H,29,30)/t13-,14+/m0/s1. The Kier molecular flexibility index (Phi) is 7.62. The molecule has 2 bridgehead atoms. The first kappa shape index (κ1) is 24.8. The lowest BCUT2D eigenvalue weighted by Crippen LogP contribution is -2.34. The summed E-state index contributed by atoms with van der Waals surface area (Å²) in [6.07, 6.45) is -3.75. The van der Waals surface area contributed by atoms with E-state index in [4.69, 9.17) is 5.73 Å². The van der Waals surface area contributed by atoms with Gasteiger partial charge in [-0.05, 0) is 31.0 Å². The summed E-state index contributed by atoms with van der Waals surface area (Å²) in [5, 5.41) is 15.0. The maximum absolute atomic E-state index is 12.6. The van der Waals surface area contributed by atoms with Crippen LogP contribution in [0.15, 0.2) is 18.2 Å². The maximum Gasteiger partial charge on any atom is 0.422 e. The molecule has 1 aromatic heterocycles. The third-order valence-corrected chi connectivity index (χ3v) is 5.15. The number of fused-ring (bicyclic) bond motifs is 4. The summed E-state index contributed by atoms with van der Waals surface area (Å²) in [4.78, 5) is 31.5. The zero-order valence-corrected chi connectivity index (χ0v) is 18.2. The number of nitrogens with one attached hydrogen (secondary N) is 3. The predicted octanol–water partition coefficient (Wildman–Crippen LogP) is 3.59. The molecule has 2 aromatic rings. The lowest BCUT2D eigenvalue weighted by atomic mass is 10.0. The van der Waals surface area contributed by atoms with Crippen LogP contribution < -0.4 is 16.4 Å². The average molecular weight is 480 g/mol. The minimum atomic E-state index is -4.67. The van der Waals surface area contributed by atoms with Crippen molar-refractivity contribution in [2.75, 3.05) is 24.4 Å². The Bertz CT molecular complexity index is 1100. The predicted molar refractivity (Wildman–Crippen MR) is 115 cm³/mol. The molecule has 182 valence electrons. The zero-order valence-electron chi connectivity index (χ0n) is 18.2. The molecule has 2 atom stereocenters. The highest BCUT2D eigenvalue weighted by Crippen LogP contribution is 2.34. The first-order chi connectivity index (χ1) is 16.1. The number of H-pyrrole nitrogens is 1. The third-order valence-electron chi connectivity index (χ3n) is 5.15. The van der Waals surface area contributed by atoms with Crippen molar-refractivity contribution >= 4 is 23.4 Å². The van der Waals surface area contributed by atoms with Gasteiger partial charge in [-0.25, -0.2) is 14.6 Å². The van der Waals surface area contributed by atoms with Crippen molar-refractivity contribution in [2.24, 2.45) is 5.73 Å². The van der Waals surface area contributed by atoms with Crippen LogP contribution >= 0.6 is 0 Å². The highest BCUT2D eigenvalue weighted by atomic mass is 19.4. The highest BCUT2D eigenvalue weighted by molar-refractivity contribution is 5.90. The number of methoxy groups -OCH3 is 1. The minimum absolute atomic E-state index is 0.0534. The fourth-order valence-corrected chi connectivity index (χ4v) is 3.51. The van der Waals surface area contributed by atoms with Crippen LogP contribution in [0.3, 0.4) is 0 Å². The number of esters is 1. The number of aromatic nitrogens is 2.